The SMILES string of the molecule is CC(CO[Si](C)(C)C(C)(C)C)Oc1cnc2ccc(Br)cc2c1. The Balaban J connectivity index is 2.01. The van der Waals surface area contributed by atoms with E-state index in [0.29, 0.717) is 6.61 Å². The highest BCUT2D eigenvalue weighted by Crippen LogP contribution is 2.36. The molecule has 1 aromatic heterocycles. The second-order valence-electron chi connectivity index (χ2n) is 7.51. The Kier molecular flexibility index (Phi) is 5.54. The zero-order chi connectivity index (χ0) is 17.3. The number of fused-ring (bicyclic) bond motifs is 1. The molecule has 0 N–H and O–H groups in total. The van der Waals surface area contributed by atoms with Crippen molar-refractivity contribution in [2.24, 2.45) is 0 Å². The highest BCUT2D eigenvalue weighted by molar-refractivity contribution is 9.10. The van der Waals surface area contributed by atoms with Crippen LogP contribution in [0.15, 0.2) is 34.9 Å². The molecule has 2 aromatic rings. The van der Waals surface area contributed by atoms with Crippen LogP contribution in [-0.4, -0.2) is 26.0 Å². The third kappa shape index (κ3) is 4.78. The van der Waals surface area contributed by atoms with Gasteiger partial charge in [0, 0.05) is 9.86 Å². The maximum absolute atomic E-state index is 6.22. The Morgan fingerprint density at radius 2 is 1.91 bits per heavy atom. The highest BCUT2D eigenvalue weighted by Gasteiger charge is 2.37. The Morgan fingerprint density at radius 1 is 1.22 bits per heavy atom. The van der Waals surface area contributed by atoms with Gasteiger partial charge in [0.15, 0.2) is 8.32 Å². The lowest BCUT2D eigenvalue weighted by molar-refractivity contribution is 0.134. The Labute approximate surface area is 148 Å². The average Bonchev–Trinajstić information content (AvgIpc) is 2.43. The van der Waals surface area contributed by atoms with E-state index in [4.69, 9.17) is 9.16 Å². The molecule has 0 fully saturated rings. The first-order valence-electron chi connectivity index (χ1n) is 7.94. The Bertz CT molecular complexity index is 682. The maximum Gasteiger partial charge on any atom is 0.192 e. The first kappa shape index (κ1) is 18.4. The van der Waals surface area contributed by atoms with Crippen LogP contribution in [0.4, 0.5) is 0 Å². The predicted molar refractivity (Wildman–Crippen MR) is 103 cm³/mol. The summed E-state index contributed by atoms with van der Waals surface area (Å²) in [6.07, 6.45) is 1.77. The molecule has 23 heavy (non-hydrogen) atoms. The maximum atomic E-state index is 6.22. The van der Waals surface area contributed by atoms with E-state index in [2.05, 4.69) is 54.8 Å². The second-order valence-corrected chi connectivity index (χ2v) is 13.2. The zero-order valence-corrected chi connectivity index (χ0v) is 17.4. The molecule has 0 aliphatic carbocycles. The average molecular weight is 396 g/mol. The van der Waals surface area contributed by atoms with Gasteiger partial charge in [-0.3, -0.25) is 4.98 Å². The molecule has 2 rings (SSSR count). The summed E-state index contributed by atoms with van der Waals surface area (Å²) < 4.78 is 13.3. The molecule has 3 nitrogen and oxygen atoms in total. The van der Waals surface area contributed by atoms with Crippen LogP contribution in [0.3, 0.4) is 0 Å². The van der Waals surface area contributed by atoms with Gasteiger partial charge >= 0.3 is 0 Å². The number of hydrogen-bond donors (Lipinski definition) is 0. The first-order valence-corrected chi connectivity index (χ1v) is 11.6. The second kappa shape index (κ2) is 6.91. The van der Waals surface area contributed by atoms with Crippen LogP contribution in [0.5, 0.6) is 5.75 Å². The van der Waals surface area contributed by atoms with Gasteiger partial charge in [-0.25, -0.2) is 0 Å². The minimum absolute atomic E-state index is 0.00414. The quantitative estimate of drug-likeness (QED) is 0.600. The van der Waals surface area contributed by atoms with Gasteiger partial charge in [0.05, 0.1) is 18.3 Å². The molecule has 1 unspecified atom stereocenters. The number of pyridine rings is 1. The van der Waals surface area contributed by atoms with E-state index in [9.17, 15) is 0 Å². The molecule has 1 aromatic carbocycles. The number of ether oxygens (including phenoxy) is 1. The summed E-state index contributed by atoms with van der Waals surface area (Å²) >= 11 is 3.49. The molecule has 5 heteroatoms. The molecule has 126 valence electrons. The predicted octanol–water partition coefficient (Wildman–Crippen LogP) is 5.79. The standard InChI is InChI=1S/C18H26BrNO2Si/c1-13(12-21-23(5,6)18(2,3)4)22-16-10-14-9-15(19)7-8-17(14)20-11-16/h7-11,13H,12H2,1-6H3. The van der Waals surface area contributed by atoms with E-state index < -0.39 is 8.32 Å². The van der Waals surface area contributed by atoms with Gasteiger partial charge in [0.1, 0.15) is 11.9 Å². The minimum Gasteiger partial charge on any atom is -0.487 e. The van der Waals surface area contributed by atoms with Crippen molar-refractivity contribution in [2.75, 3.05) is 6.61 Å². The fourth-order valence-electron chi connectivity index (χ4n) is 1.96. The van der Waals surface area contributed by atoms with E-state index in [0.717, 1.165) is 21.1 Å². The van der Waals surface area contributed by atoms with E-state index in [1.807, 2.05) is 31.2 Å². The van der Waals surface area contributed by atoms with Crippen LogP contribution in [0, 0.1) is 0 Å². The van der Waals surface area contributed by atoms with Crippen LogP contribution in [0.25, 0.3) is 10.9 Å². The number of aromatic nitrogens is 1. The van der Waals surface area contributed by atoms with Gasteiger partial charge in [-0.2, -0.15) is 0 Å². The summed E-state index contributed by atoms with van der Waals surface area (Å²) in [5.74, 6) is 0.780. The first-order chi connectivity index (χ1) is 10.6. The van der Waals surface area contributed by atoms with E-state index in [-0.39, 0.29) is 11.1 Å². The molecule has 0 spiro atoms. The van der Waals surface area contributed by atoms with Crippen molar-refractivity contribution in [2.45, 2.75) is 51.9 Å². The van der Waals surface area contributed by atoms with Crippen molar-refractivity contribution >= 4 is 35.2 Å². The van der Waals surface area contributed by atoms with Crippen molar-refractivity contribution in [1.82, 2.24) is 4.98 Å². The molecular formula is C18H26BrNO2Si. The van der Waals surface area contributed by atoms with Crippen LogP contribution < -0.4 is 4.74 Å². The number of benzene rings is 1. The summed E-state index contributed by atoms with van der Waals surface area (Å²) in [6, 6.07) is 8.06. The summed E-state index contributed by atoms with van der Waals surface area (Å²) in [5, 5.41) is 1.28. The lowest BCUT2D eigenvalue weighted by Crippen LogP contribution is -2.43. The smallest absolute Gasteiger partial charge is 0.192 e. The Morgan fingerprint density at radius 3 is 2.57 bits per heavy atom. The van der Waals surface area contributed by atoms with Gasteiger partial charge < -0.3 is 9.16 Å². The molecule has 0 saturated heterocycles. The van der Waals surface area contributed by atoms with Crippen molar-refractivity contribution in [3.63, 3.8) is 0 Å². The van der Waals surface area contributed by atoms with Crippen LogP contribution in [0.2, 0.25) is 18.1 Å². The summed E-state index contributed by atoms with van der Waals surface area (Å²) in [6.45, 7) is 13.9. The van der Waals surface area contributed by atoms with Gasteiger partial charge in [0.2, 0.25) is 0 Å². The number of halogens is 1. The van der Waals surface area contributed by atoms with Crippen molar-refractivity contribution < 1.29 is 9.16 Å². The normalized spacial score (nSPS) is 14.0. The number of nitrogens with zero attached hydrogens (tertiary/aromatic N) is 1. The van der Waals surface area contributed by atoms with E-state index in [1.165, 1.54) is 0 Å². The molecular weight excluding hydrogens is 370 g/mol. The molecule has 0 saturated carbocycles. The van der Waals surface area contributed by atoms with Gasteiger partial charge in [-0.05, 0) is 49.3 Å². The van der Waals surface area contributed by atoms with Gasteiger partial charge in [-0.15, -0.1) is 0 Å². The van der Waals surface area contributed by atoms with E-state index in [1.54, 1.807) is 6.20 Å². The lowest BCUT2D eigenvalue weighted by Gasteiger charge is -2.36. The fourth-order valence-corrected chi connectivity index (χ4v) is 3.42. The van der Waals surface area contributed by atoms with Gasteiger partial charge in [-0.1, -0.05) is 36.7 Å². The monoisotopic (exact) mass is 395 g/mol. The Hall–Kier alpha value is -0.913. The third-order valence-electron chi connectivity index (χ3n) is 4.44. The highest BCUT2D eigenvalue weighted by atomic mass is 79.9. The van der Waals surface area contributed by atoms with Crippen LogP contribution in [-0.2, 0) is 4.43 Å². The number of hydrogen-bond acceptors (Lipinski definition) is 3. The fraction of sp³-hybridized carbons (Fsp3) is 0.500. The molecule has 1 heterocycles. The van der Waals surface area contributed by atoms with E-state index >= 15 is 0 Å². The summed E-state index contributed by atoms with van der Waals surface area (Å²) in [4.78, 5) is 4.45. The molecule has 0 aliphatic rings. The minimum atomic E-state index is -1.74. The molecule has 0 aliphatic heterocycles. The van der Waals surface area contributed by atoms with Crippen molar-refractivity contribution in [3.05, 3.63) is 34.9 Å². The lowest BCUT2D eigenvalue weighted by atomic mass is 10.2. The molecule has 1 atom stereocenters. The molecule has 0 radical (unpaired) electrons. The van der Waals surface area contributed by atoms with Crippen molar-refractivity contribution in [3.8, 4) is 5.75 Å². The molecule has 0 amide bonds. The van der Waals surface area contributed by atoms with Crippen molar-refractivity contribution in [1.29, 1.82) is 0 Å². The largest absolute Gasteiger partial charge is 0.487 e. The summed E-state index contributed by atoms with van der Waals surface area (Å²) in [5.41, 5.74) is 0.964. The van der Waals surface area contributed by atoms with Gasteiger partial charge in [0.25, 0.3) is 0 Å². The third-order valence-corrected chi connectivity index (χ3v) is 9.43. The number of rotatable bonds is 5. The van der Waals surface area contributed by atoms with Crippen LogP contribution in [0.1, 0.15) is 27.7 Å². The molecule has 0 bridgehead atoms. The summed E-state index contributed by atoms with van der Waals surface area (Å²) in [7, 11) is -1.74. The zero-order valence-electron chi connectivity index (χ0n) is 14.8. The topological polar surface area (TPSA) is 31.4 Å². The van der Waals surface area contributed by atoms with Crippen LogP contribution >= 0.6 is 15.9 Å².